The predicted octanol–water partition coefficient (Wildman–Crippen LogP) is 2.53. The summed E-state index contributed by atoms with van der Waals surface area (Å²) < 4.78 is 14.6. The van der Waals surface area contributed by atoms with E-state index < -0.39 is 7.82 Å². The summed E-state index contributed by atoms with van der Waals surface area (Å²) in [6.07, 6.45) is 0. The average molecular weight is 320 g/mol. The zero-order chi connectivity index (χ0) is 16.2. The van der Waals surface area contributed by atoms with E-state index in [1.807, 2.05) is 48.5 Å². The molecular formula is C15H13O6P. The van der Waals surface area contributed by atoms with Crippen molar-refractivity contribution < 1.29 is 23.7 Å². The molecule has 3 N–H and O–H groups in total. The minimum atomic E-state index is -4.64. The molecule has 1 heterocycles. The quantitative estimate of drug-likeness (QED) is 0.595. The van der Waals surface area contributed by atoms with Crippen molar-refractivity contribution in [3.63, 3.8) is 0 Å². The first kappa shape index (κ1) is 16.1. The van der Waals surface area contributed by atoms with Crippen LogP contribution in [-0.4, -0.2) is 14.7 Å². The number of fused-ring (bicyclic) bond motifs is 1. The fourth-order valence-electron chi connectivity index (χ4n) is 1.85. The maximum Gasteiger partial charge on any atom is 0.466 e. The number of hydrogen-bond donors (Lipinski definition) is 3. The monoisotopic (exact) mass is 320 g/mol. The Morgan fingerprint density at radius 2 is 1.41 bits per heavy atom. The van der Waals surface area contributed by atoms with Gasteiger partial charge in [-0.3, -0.25) is 4.79 Å². The molecule has 3 aromatic rings. The van der Waals surface area contributed by atoms with Crippen LogP contribution in [0.5, 0.6) is 0 Å². The third kappa shape index (κ3) is 4.65. The third-order valence-corrected chi connectivity index (χ3v) is 2.69. The van der Waals surface area contributed by atoms with Crippen molar-refractivity contribution in [2.24, 2.45) is 0 Å². The molecule has 114 valence electrons. The topological polar surface area (TPSA) is 108 Å². The van der Waals surface area contributed by atoms with E-state index in [4.69, 9.17) is 23.7 Å². The Morgan fingerprint density at radius 3 is 2.05 bits per heavy atom. The van der Waals surface area contributed by atoms with Crippen molar-refractivity contribution in [1.29, 1.82) is 0 Å². The molecule has 2 aromatic carbocycles. The first-order valence-electron chi connectivity index (χ1n) is 6.21. The summed E-state index contributed by atoms with van der Waals surface area (Å²) in [5, 5.41) is 0.618. The van der Waals surface area contributed by atoms with Crippen LogP contribution in [0.2, 0.25) is 0 Å². The predicted molar refractivity (Wildman–Crippen MR) is 82.2 cm³/mol. The molecule has 0 aliphatic carbocycles. The van der Waals surface area contributed by atoms with Gasteiger partial charge in [-0.25, -0.2) is 4.57 Å². The fraction of sp³-hybridized carbons (Fsp3) is 0. The molecule has 0 saturated carbocycles. The van der Waals surface area contributed by atoms with Crippen LogP contribution in [0.3, 0.4) is 0 Å². The first-order chi connectivity index (χ1) is 10.3. The molecule has 1 aromatic heterocycles. The van der Waals surface area contributed by atoms with Gasteiger partial charge < -0.3 is 19.1 Å². The van der Waals surface area contributed by atoms with Crippen LogP contribution < -0.4 is 5.43 Å². The SMILES string of the molecule is O=P(O)(O)O.O=c1cc(-c2ccccc2)oc2ccccc12. The second kappa shape index (κ2) is 6.68. The summed E-state index contributed by atoms with van der Waals surface area (Å²) in [5.74, 6) is 0.606. The molecular weight excluding hydrogens is 307 g/mol. The van der Waals surface area contributed by atoms with Crippen LogP contribution in [0.25, 0.3) is 22.3 Å². The molecule has 7 heteroatoms. The van der Waals surface area contributed by atoms with Crippen LogP contribution in [0, 0.1) is 0 Å². The molecule has 22 heavy (non-hydrogen) atoms. The van der Waals surface area contributed by atoms with Crippen molar-refractivity contribution in [2.75, 3.05) is 0 Å². The lowest BCUT2D eigenvalue weighted by Gasteiger charge is -2.02. The lowest BCUT2D eigenvalue weighted by atomic mass is 10.1. The molecule has 0 bridgehead atoms. The lowest BCUT2D eigenvalue weighted by molar-refractivity contribution is 0.275. The highest BCUT2D eigenvalue weighted by molar-refractivity contribution is 7.45. The van der Waals surface area contributed by atoms with Crippen molar-refractivity contribution in [1.82, 2.24) is 0 Å². The maximum absolute atomic E-state index is 11.9. The van der Waals surface area contributed by atoms with Crippen molar-refractivity contribution in [2.45, 2.75) is 0 Å². The Labute approximate surface area is 125 Å². The van der Waals surface area contributed by atoms with Gasteiger partial charge in [-0.1, -0.05) is 42.5 Å². The van der Waals surface area contributed by atoms with E-state index >= 15 is 0 Å². The average Bonchev–Trinajstić information content (AvgIpc) is 2.46. The molecule has 0 aliphatic rings. The smallest absolute Gasteiger partial charge is 0.456 e. The van der Waals surface area contributed by atoms with Gasteiger partial charge in [0, 0.05) is 11.6 Å². The second-order valence-electron chi connectivity index (χ2n) is 4.35. The van der Waals surface area contributed by atoms with Crippen LogP contribution >= 0.6 is 7.82 Å². The summed E-state index contributed by atoms with van der Waals surface area (Å²) >= 11 is 0. The van der Waals surface area contributed by atoms with Crippen LogP contribution in [0.1, 0.15) is 0 Å². The first-order valence-corrected chi connectivity index (χ1v) is 7.78. The van der Waals surface area contributed by atoms with E-state index in [-0.39, 0.29) is 5.43 Å². The van der Waals surface area contributed by atoms with Gasteiger partial charge in [0.05, 0.1) is 5.39 Å². The van der Waals surface area contributed by atoms with E-state index in [0.717, 1.165) is 5.56 Å². The zero-order valence-corrected chi connectivity index (χ0v) is 12.2. The Hall–Kier alpha value is -2.24. The number of benzene rings is 2. The number of phosphoric acid groups is 1. The van der Waals surface area contributed by atoms with Gasteiger partial charge in [0.25, 0.3) is 0 Å². The second-order valence-corrected chi connectivity index (χ2v) is 5.38. The Kier molecular flexibility index (Phi) is 4.90. The van der Waals surface area contributed by atoms with E-state index in [1.165, 1.54) is 6.07 Å². The third-order valence-electron chi connectivity index (χ3n) is 2.69. The van der Waals surface area contributed by atoms with E-state index in [9.17, 15) is 4.79 Å². The summed E-state index contributed by atoms with van der Waals surface area (Å²) in [7, 11) is -4.64. The summed E-state index contributed by atoms with van der Waals surface area (Å²) in [6.45, 7) is 0. The standard InChI is InChI=1S/C15H10O2.H3O4P/c16-13-10-15(11-6-2-1-3-7-11)17-14-9-5-4-8-12(13)14;1-5(2,3)4/h1-10H;(H3,1,2,3,4). The van der Waals surface area contributed by atoms with Gasteiger partial charge in [0.15, 0.2) is 5.43 Å². The molecule has 0 amide bonds. The summed E-state index contributed by atoms with van der Waals surface area (Å²) in [6, 6.07) is 18.4. The highest BCUT2D eigenvalue weighted by atomic mass is 31.2. The van der Waals surface area contributed by atoms with Crippen LogP contribution in [0.4, 0.5) is 0 Å². The van der Waals surface area contributed by atoms with Gasteiger partial charge in [0.1, 0.15) is 11.3 Å². The highest BCUT2D eigenvalue weighted by Crippen LogP contribution is 2.25. The van der Waals surface area contributed by atoms with Crippen molar-refractivity contribution >= 4 is 18.8 Å². The molecule has 6 nitrogen and oxygen atoms in total. The van der Waals surface area contributed by atoms with Gasteiger partial charge >= 0.3 is 7.82 Å². The molecule has 0 atom stereocenters. The van der Waals surface area contributed by atoms with Gasteiger partial charge in [-0.05, 0) is 12.1 Å². The molecule has 3 rings (SSSR count). The largest absolute Gasteiger partial charge is 0.466 e. The Balaban J connectivity index is 0.000000309. The summed E-state index contributed by atoms with van der Waals surface area (Å²) in [4.78, 5) is 33.5. The Bertz CT molecular complexity index is 858. The molecule has 0 aliphatic heterocycles. The highest BCUT2D eigenvalue weighted by Gasteiger charge is 2.05. The van der Waals surface area contributed by atoms with Crippen molar-refractivity contribution in [3.05, 3.63) is 70.9 Å². The normalized spacial score (nSPS) is 10.9. The summed E-state index contributed by atoms with van der Waals surface area (Å²) in [5.41, 5.74) is 1.53. The molecule has 0 fully saturated rings. The van der Waals surface area contributed by atoms with Crippen LogP contribution in [0.15, 0.2) is 69.9 Å². The van der Waals surface area contributed by atoms with Gasteiger partial charge in [-0.15, -0.1) is 0 Å². The van der Waals surface area contributed by atoms with E-state index in [1.54, 1.807) is 6.07 Å². The number of para-hydroxylation sites is 1. The van der Waals surface area contributed by atoms with Crippen molar-refractivity contribution in [3.8, 4) is 11.3 Å². The Morgan fingerprint density at radius 1 is 0.864 bits per heavy atom. The lowest BCUT2D eigenvalue weighted by Crippen LogP contribution is -1.99. The molecule has 0 radical (unpaired) electrons. The van der Waals surface area contributed by atoms with E-state index in [0.29, 0.717) is 16.7 Å². The minimum absolute atomic E-state index is 0.00861. The maximum atomic E-state index is 11.9. The molecule has 0 unspecified atom stereocenters. The number of rotatable bonds is 1. The molecule has 0 saturated heterocycles. The fourth-order valence-corrected chi connectivity index (χ4v) is 1.85. The van der Waals surface area contributed by atoms with Gasteiger partial charge in [0.2, 0.25) is 0 Å². The van der Waals surface area contributed by atoms with Crippen LogP contribution in [-0.2, 0) is 4.57 Å². The van der Waals surface area contributed by atoms with Gasteiger partial charge in [-0.2, -0.15) is 0 Å². The minimum Gasteiger partial charge on any atom is -0.456 e. The van der Waals surface area contributed by atoms with E-state index in [2.05, 4.69) is 0 Å². The zero-order valence-electron chi connectivity index (χ0n) is 11.3. The number of hydrogen-bond acceptors (Lipinski definition) is 3. The molecule has 0 spiro atoms.